The number of hydrogen-bond donors (Lipinski definition) is 1. The minimum atomic E-state index is -4.48. The van der Waals surface area contributed by atoms with E-state index >= 15 is 0 Å². The van der Waals surface area contributed by atoms with E-state index in [1.165, 1.54) is 17.0 Å². The van der Waals surface area contributed by atoms with E-state index in [2.05, 4.69) is 5.32 Å². The molecular weight excluding hydrogens is 584 g/mol. The Morgan fingerprint density at radius 1 is 1.00 bits per heavy atom. The Morgan fingerprint density at radius 3 is 2.22 bits per heavy atom. The number of alkyl halides is 3. The Balaban J connectivity index is 1.56. The molecule has 2 aromatic carbocycles. The van der Waals surface area contributed by atoms with E-state index in [0.717, 1.165) is 12.1 Å². The van der Waals surface area contributed by atoms with Crippen molar-refractivity contribution in [2.75, 3.05) is 45.9 Å². The van der Waals surface area contributed by atoms with Crippen LogP contribution < -0.4 is 5.32 Å². The first-order valence-electron chi connectivity index (χ1n) is 13.1. The lowest BCUT2D eigenvalue weighted by atomic mass is 9.94. The van der Waals surface area contributed by atoms with Crippen LogP contribution in [0.4, 0.5) is 18.0 Å². The smallest absolute Gasteiger partial charge is 0.416 e. The highest BCUT2D eigenvalue weighted by molar-refractivity contribution is 6.42. The molecule has 0 aromatic heterocycles. The van der Waals surface area contributed by atoms with Crippen molar-refractivity contribution >= 4 is 41.1 Å². The van der Waals surface area contributed by atoms with Crippen LogP contribution in [-0.2, 0) is 15.7 Å². The molecular formula is C28H29Cl2F3N4O4. The van der Waals surface area contributed by atoms with E-state index in [0.29, 0.717) is 49.0 Å². The van der Waals surface area contributed by atoms with Crippen molar-refractivity contribution in [3.8, 4) is 0 Å². The van der Waals surface area contributed by atoms with Gasteiger partial charge in [0.2, 0.25) is 0 Å². The molecule has 1 unspecified atom stereocenters. The Kier molecular flexibility index (Phi) is 9.51. The first-order chi connectivity index (χ1) is 19.4. The zero-order valence-electron chi connectivity index (χ0n) is 22.4. The minimum absolute atomic E-state index is 0.133. The number of esters is 1. The molecule has 2 aliphatic rings. The van der Waals surface area contributed by atoms with Gasteiger partial charge < -0.3 is 15.0 Å². The zero-order chi connectivity index (χ0) is 29.9. The van der Waals surface area contributed by atoms with E-state index in [1.807, 2.05) is 4.90 Å². The zero-order valence-corrected chi connectivity index (χ0v) is 23.9. The van der Waals surface area contributed by atoms with Gasteiger partial charge in [-0.2, -0.15) is 13.2 Å². The summed E-state index contributed by atoms with van der Waals surface area (Å²) in [6, 6.07) is 7.80. The van der Waals surface area contributed by atoms with E-state index in [1.54, 1.807) is 36.9 Å². The number of nitrogens with zero attached hydrogens (tertiary/aromatic N) is 3. The number of hydrogen-bond acceptors (Lipinski definition) is 5. The van der Waals surface area contributed by atoms with Crippen LogP contribution in [0.3, 0.4) is 0 Å². The quantitative estimate of drug-likeness (QED) is 0.425. The van der Waals surface area contributed by atoms with Crippen LogP contribution in [0.5, 0.6) is 0 Å². The lowest BCUT2D eigenvalue weighted by Gasteiger charge is -2.40. The molecule has 13 heteroatoms. The number of nitrogens with one attached hydrogen (secondary N) is 1. The van der Waals surface area contributed by atoms with Crippen molar-refractivity contribution in [3.05, 3.63) is 80.5 Å². The van der Waals surface area contributed by atoms with Gasteiger partial charge in [0.1, 0.15) is 0 Å². The maximum Gasteiger partial charge on any atom is 0.416 e. The second-order valence-corrected chi connectivity index (χ2v) is 10.3. The summed E-state index contributed by atoms with van der Waals surface area (Å²) in [4.78, 5) is 44.4. The fourth-order valence-electron chi connectivity index (χ4n) is 4.90. The maximum absolute atomic E-state index is 13.3. The number of likely N-dealkylation sites (N-methyl/N-ethyl adjacent to an activating group) is 1. The summed E-state index contributed by atoms with van der Waals surface area (Å²) >= 11 is 12.3. The highest BCUT2D eigenvalue weighted by Gasteiger charge is 2.39. The monoisotopic (exact) mass is 612 g/mol. The van der Waals surface area contributed by atoms with Crippen LogP contribution in [0.15, 0.2) is 53.7 Å². The fourth-order valence-corrected chi connectivity index (χ4v) is 5.21. The second-order valence-electron chi connectivity index (χ2n) is 9.52. The van der Waals surface area contributed by atoms with Crippen molar-refractivity contribution in [1.29, 1.82) is 0 Å². The topological polar surface area (TPSA) is 82.2 Å². The van der Waals surface area contributed by atoms with Crippen molar-refractivity contribution in [2.24, 2.45) is 0 Å². The van der Waals surface area contributed by atoms with Gasteiger partial charge in [-0.1, -0.05) is 29.3 Å². The van der Waals surface area contributed by atoms with Crippen molar-refractivity contribution in [2.45, 2.75) is 26.1 Å². The summed E-state index contributed by atoms with van der Waals surface area (Å²) in [5, 5.41) is 3.48. The Bertz CT molecular complexity index is 1340. The summed E-state index contributed by atoms with van der Waals surface area (Å²) in [5.74, 6) is -0.940. The third-order valence-electron chi connectivity index (χ3n) is 7.02. The van der Waals surface area contributed by atoms with Gasteiger partial charge in [-0.25, -0.2) is 9.59 Å². The lowest BCUT2D eigenvalue weighted by molar-refractivity contribution is -0.139. The van der Waals surface area contributed by atoms with Gasteiger partial charge in [0, 0.05) is 50.5 Å². The predicted molar refractivity (Wildman–Crippen MR) is 148 cm³/mol. The molecule has 1 atom stereocenters. The fraction of sp³-hybridized carbons (Fsp3) is 0.393. The summed E-state index contributed by atoms with van der Waals surface area (Å²) < 4.78 is 44.1. The molecule has 0 aliphatic carbocycles. The number of urea groups is 1. The average Bonchev–Trinajstić information content (AvgIpc) is 2.94. The number of rotatable bonds is 7. The van der Waals surface area contributed by atoms with Crippen molar-refractivity contribution in [3.63, 3.8) is 0 Å². The summed E-state index contributed by atoms with van der Waals surface area (Å²) in [5.41, 5.74) is 0.671. The third-order valence-corrected chi connectivity index (χ3v) is 7.76. The number of carbonyl (C=O) groups is 3. The molecule has 1 saturated heterocycles. The standard InChI is InChI=1S/C28H29Cl2F3N4O4/c1-3-37-22(23(26(39)41-4-2)24(34-27(37)40)18-7-10-20(29)21(30)15-18)16-35-11-13-36(14-12-35)25(38)17-5-8-19(9-6-17)28(31,32)33/h5-10,15,24H,3-4,11-14,16H2,1-2H3,(H,34,40). The number of piperazine rings is 1. The van der Waals surface area contributed by atoms with Crippen LogP contribution >= 0.6 is 23.2 Å². The third kappa shape index (κ3) is 6.79. The number of carbonyl (C=O) groups excluding carboxylic acids is 3. The number of ether oxygens (including phenoxy) is 1. The maximum atomic E-state index is 13.3. The average molecular weight is 613 g/mol. The van der Waals surface area contributed by atoms with E-state index < -0.39 is 23.8 Å². The van der Waals surface area contributed by atoms with E-state index in [9.17, 15) is 27.6 Å². The highest BCUT2D eigenvalue weighted by Crippen LogP contribution is 2.35. The van der Waals surface area contributed by atoms with Crippen LogP contribution in [0.2, 0.25) is 10.0 Å². The molecule has 0 radical (unpaired) electrons. The van der Waals surface area contributed by atoms with Gasteiger partial charge >= 0.3 is 18.2 Å². The van der Waals surface area contributed by atoms with Gasteiger partial charge in [0.25, 0.3) is 5.91 Å². The largest absolute Gasteiger partial charge is 0.463 e. The van der Waals surface area contributed by atoms with Crippen LogP contribution in [0.1, 0.15) is 41.4 Å². The Hall–Kier alpha value is -3.28. The molecule has 0 spiro atoms. The molecule has 1 fully saturated rings. The van der Waals surface area contributed by atoms with Crippen molar-refractivity contribution in [1.82, 2.24) is 20.0 Å². The normalized spacial score (nSPS) is 18.4. The molecule has 8 nitrogen and oxygen atoms in total. The summed E-state index contributed by atoms with van der Waals surface area (Å²) in [7, 11) is 0. The van der Waals surface area contributed by atoms with Gasteiger partial charge in [0.05, 0.1) is 33.8 Å². The first-order valence-corrected chi connectivity index (χ1v) is 13.8. The molecule has 2 aromatic rings. The van der Waals surface area contributed by atoms with Gasteiger partial charge in [0.15, 0.2) is 0 Å². The SMILES string of the molecule is CCOC(=O)C1=C(CN2CCN(C(=O)c3ccc(C(F)(F)F)cc3)CC2)N(CC)C(=O)NC1c1ccc(Cl)c(Cl)c1. The molecule has 1 N–H and O–H groups in total. The van der Waals surface area contributed by atoms with E-state index in [4.69, 9.17) is 27.9 Å². The van der Waals surface area contributed by atoms with Gasteiger partial charge in [-0.05, 0) is 55.8 Å². The Morgan fingerprint density at radius 2 is 1.66 bits per heavy atom. The molecule has 220 valence electrons. The van der Waals surface area contributed by atoms with Gasteiger partial charge in [-0.3, -0.25) is 14.6 Å². The minimum Gasteiger partial charge on any atom is -0.463 e. The molecule has 0 bridgehead atoms. The molecule has 3 amide bonds. The second kappa shape index (κ2) is 12.7. The predicted octanol–water partition coefficient (Wildman–Crippen LogP) is 5.37. The molecule has 4 rings (SSSR count). The summed E-state index contributed by atoms with van der Waals surface area (Å²) in [6.07, 6.45) is -4.48. The molecule has 2 aliphatic heterocycles. The van der Waals surface area contributed by atoms with Crippen LogP contribution in [0.25, 0.3) is 0 Å². The van der Waals surface area contributed by atoms with Crippen LogP contribution in [-0.4, -0.2) is 78.5 Å². The van der Waals surface area contributed by atoms with Crippen LogP contribution in [0, 0.1) is 0 Å². The number of benzene rings is 2. The number of halogens is 5. The summed E-state index contributed by atoms with van der Waals surface area (Å²) in [6.45, 7) is 5.62. The number of amides is 3. The molecule has 41 heavy (non-hydrogen) atoms. The highest BCUT2D eigenvalue weighted by atomic mass is 35.5. The van der Waals surface area contributed by atoms with Crippen molar-refractivity contribution < 1.29 is 32.3 Å². The molecule has 0 saturated carbocycles. The van der Waals surface area contributed by atoms with E-state index in [-0.39, 0.29) is 41.2 Å². The lowest BCUT2D eigenvalue weighted by Crippen LogP contribution is -2.53. The Labute approximate surface area is 245 Å². The van der Waals surface area contributed by atoms with Gasteiger partial charge in [-0.15, -0.1) is 0 Å². The first kappa shape index (κ1) is 30.7. The molecule has 2 heterocycles.